The van der Waals surface area contributed by atoms with E-state index in [1.54, 1.807) is 12.1 Å². The van der Waals surface area contributed by atoms with E-state index in [1.165, 1.54) is 19.3 Å². The van der Waals surface area contributed by atoms with Crippen molar-refractivity contribution in [2.75, 3.05) is 0 Å². The molecule has 104 valence electrons. The molecule has 3 nitrogen and oxygen atoms in total. The third-order valence-corrected chi connectivity index (χ3v) is 4.47. The van der Waals surface area contributed by atoms with Crippen LogP contribution in [0.3, 0.4) is 0 Å². The second-order valence-corrected chi connectivity index (χ2v) is 5.98. The molecule has 1 aromatic carbocycles. The maximum atomic E-state index is 11.1. The van der Waals surface area contributed by atoms with Crippen LogP contribution in [0.4, 0.5) is 0 Å². The molecule has 0 heterocycles. The molecule has 1 saturated carbocycles. The SMILES string of the molecule is CCC1CCCC(Oc2ccc(Br)c(C(=O)O)c2)C1. The Kier molecular flexibility index (Phi) is 4.86. The van der Waals surface area contributed by atoms with Crippen LogP contribution in [0.25, 0.3) is 0 Å². The second kappa shape index (κ2) is 6.42. The van der Waals surface area contributed by atoms with E-state index >= 15 is 0 Å². The summed E-state index contributed by atoms with van der Waals surface area (Å²) in [5.41, 5.74) is 0.250. The van der Waals surface area contributed by atoms with E-state index in [1.807, 2.05) is 6.07 Å². The molecule has 1 aliphatic carbocycles. The van der Waals surface area contributed by atoms with E-state index in [4.69, 9.17) is 9.84 Å². The van der Waals surface area contributed by atoms with Gasteiger partial charge in [-0.15, -0.1) is 0 Å². The average molecular weight is 327 g/mol. The summed E-state index contributed by atoms with van der Waals surface area (Å²) >= 11 is 3.24. The van der Waals surface area contributed by atoms with E-state index < -0.39 is 5.97 Å². The van der Waals surface area contributed by atoms with Crippen molar-refractivity contribution in [3.05, 3.63) is 28.2 Å². The van der Waals surface area contributed by atoms with Crippen molar-refractivity contribution in [1.82, 2.24) is 0 Å². The van der Waals surface area contributed by atoms with Crippen LogP contribution in [0.2, 0.25) is 0 Å². The number of hydrogen-bond acceptors (Lipinski definition) is 2. The monoisotopic (exact) mass is 326 g/mol. The van der Waals surface area contributed by atoms with Crippen LogP contribution in [-0.4, -0.2) is 17.2 Å². The molecule has 1 N–H and O–H groups in total. The Morgan fingerprint density at radius 1 is 1.47 bits per heavy atom. The molecule has 2 unspecified atom stereocenters. The number of ether oxygens (including phenoxy) is 1. The fourth-order valence-corrected chi connectivity index (χ4v) is 3.07. The van der Waals surface area contributed by atoms with Crippen LogP contribution >= 0.6 is 15.9 Å². The molecular formula is C15H19BrO3. The van der Waals surface area contributed by atoms with Gasteiger partial charge in [0.15, 0.2) is 0 Å². The Bertz CT molecular complexity index is 459. The number of rotatable bonds is 4. The summed E-state index contributed by atoms with van der Waals surface area (Å²) in [5, 5.41) is 9.09. The van der Waals surface area contributed by atoms with Crippen molar-refractivity contribution in [3.8, 4) is 5.75 Å². The van der Waals surface area contributed by atoms with Crippen molar-refractivity contribution in [2.24, 2.45) is 5.92 Å². The maximum Gasteiger partial charge on any atom is 0.336 e. The molecule has 0 saturated heterocycles. The third-order valence-electron chi connectivity index (χ3n) is 3.78. The number of hydrogen-bond donors (Lipinski definition) is 1. The molecule has 0 aromatic heterocycles. The highest BCUT2D eigenvalue weighted by Gasteiger charge is 2.22. The molecule has 0 amide bonds. The highest BCUT2D eigenvalue weighted by Crippen LogP contribution is 2.31. The molecule has 0 spiro atoms. The molecule has 4 heteroatoms. The van der Waals surface area contributed by atoms with Gasteiger partial charge in [-0.25, -0.2) is 4.79 Å². The smallest absolute Gasteiger partial charge is 0.336 e. The number of carbonyl (C=O) groups is 1. The van der Waals surface area contributed by atoms with E-state index in [0.717, 1.165) is 18.8 Å². The van der Waals surface area contributed by atoms with Crippen LogP contribution in [-0.2, 0) is 0 Å². The number of aromatic carboxylic acids is 1. The molecule has 2 atom stereocenters. The first kappa shape index (κ1) is 14.4. The molecule has 1 fully saturated rings. The van der Waals surface area contributed by atoms with E-state index in [0.29, 0.717) is 10.2 Å². The molecular weight excluding hydrogens is 308 g/mol. The van der Waals surface area contributed by atoms with Gasteiger partial charge in [0.2, 0.25) is 0 Å². The Morgan fingerprint density at radius 2 is 2.26 bits per heavy atom. The van der Waals surface area contributed by atoms with Crippen LogP contribution in [0, 0.1) is 5.92 Å². The van der Waals surface area contributed by atoms with Gasteiger partial charge in [-0.3, -0.25) is 0 Å². The number of halogens is 1. The molecule has 0 radical (unpaired) electrons. The van der Waals surface area contributed by atoms with Crippen molar-refractivity contribution in [1.29, 1.82) is 0 Å². The summed E-state index contributed by atoms with van der Waals surface area (Å²) in [5.74, 6) is 0.461. The predicted molar refractivity (Wildman–Crippen MR) is 77.8 cm³/mol. The zero-order valence-corrected chi connectivity index (χ0v) is 12.6. The van der Waals surface area contributed by atoms with Gasteiger partial charge in [0, 0.05) is 4.47 Å². The lowest BCUT2D eigenvalue weighted by Gasteiger charge is -2.29. The normalized spacial score (nSPS) is 23.1. The molecule has 2 rings (SSSR count). The van der Waals surface area contributed by atoms with Crippen molar-refractivity contribution in [3.63, 3.8) is 0 Å². The van der Waals surface area contributed by atoms with Crippen molar-refractivity contribution < 1.29 is 14.6 Å². The number of benzene rings is 1. The van der Waals surface area contributed by atoms with Crippen LogP contribution < -0.4 is 4.74 Å². The zero-order valence-electron chi connectivity index (χ0n) is 11.1. The minimum absolute atomic E-state index is 0.224. The Balaban J connectivity index is 2.06. The van der Waals surface area contributed by atoms with E-state index in [-0.39, 0.29) is 11.7 Å². The lowest BCUT2D eigenvalue weighted by Crippen LogP contribution is -2.25. The minimum atomic E-state index is -0.938. The predicted octanol–water partition coefficient (Wildman–Crippen LogP) is 4.49. The largest absolute Gasteiger partial charge is 0.490 e. The Hall–Kier alpha value is -1.03. The van der Waals surface area contributed by atoms with Crippen molar-refractivity contribution >= 4 is 21.9 Å². The third kappa shape index (κ3) is 3.72. The Labute approximate surface area is 122 Å². The quantitative estimate of drug-likeness (QED) is 0.886. The maximum absolute atomic E-state index is 11.1. The first-order valence-electron chi connectivity index (χ1n) is 6.79. The fourth-order valence-electron chi connectivity index (χ4n) is 2.65. The topological polar surface area (TPSA) is 46.5 Å². The van der Waals surface area contributed by atoms with Gasteiger partial charge >= 0.3 is 5.97 Å². The molecule has 19 heavy (non-hydrogen) atoms. The lowest BCUT2D eigenvalue weighted by atomic mass is 9.85. The highest BCUT2D eigenvalue weighted by molar-refractivity contribution is 9.10. The van der Waals surface area contributed by atoms with Crippen LogP contribution in [0.5, 0.6) is 5.75 Å². The highest BCUT2D eigenvalue weighted by atomic mass is 79.9. The summed E-state index contributed by atoms with van der Waals surface area (Å²) in [6.07, 6.45) is 6.05. The van der Waals surface area contributed by atoms with E-state index in [9.17, 15) is 4.79 Å². The fraction of sp³-hybridized carbons (Fsp3) is 0.533. The molecule has 0 bridgehead atoms. The van der Waals surface area contributed by atoms with Gasteiger partial charge < -0.3 is 9.84 Å². The van der Waals surface area contributed by atoms with Crippen molar-refractivity contribution in [2.45, 2.75) is 45.1 Å². The van der Waals surface area contributed by atoms with Crippen LogP contribution in [0.1, 0.15) is 49.4 Å². The molecule has 0 aliphatic heterocycles. The summed E-state index contributed by atoms with van der Waals surface area (Å²) in [6, 6.07) is 5.16. The van der Waals surface area contributed by atoms with Gasteiger partial charge in [-0.2, -0.15) is 0 Å². The van der Waals surface area contributed by atoms with E-state index in [2.05, 4.69) is 22.9 Å². The summed E-state index contributed by atoms with van der Waals surface area (Å²) < 4.78 is 6.53. The summed E-state index contributed by atoms with van der Waals surface area (Å²) in [4.78, 5) is 11.1. The van der Waals surface area contributed by atoms with Crippen LogP contribution in [0.15, 0.2) is 22.7 Å². The summed E-state index contributed by atoms with van der Waals surface area (Å²) in [7, 11) is 0. The van der Waals surface area contributed by atoms with Gasteiger partial charge in [0.25, 0.3) is 0 Å². The standard InChI is InChI=1S/C15H19BrO3/c1-2-10-4-3-5-11(8-10)19-12-6-7-14(16)13(9-12)15(17)18/h6-7,9-11H,2-5,8H2,1H3,(H,17,18). The number of carboxylic acids is 1. The minimum Gasteiger partial charge on any atom is -0.490 e. The van der Waals surface area contributed by atoms with Gasteiger partial charge in [0.05, 0.1) is 11.7 Å². The average Bonchev–Trinajstić information content (AvgIpc) is 2.41. The summed E-state index contributed by atoms with van der Waals surface area (Å²) in [6.45, 7) is 2.22. The zero-order chi connectivity index (χ0) is 13.8. The first-order valence-corrected chi connectivity index (χ1v) is 7.59. The van der Waals surface area contributed by atoms with Gasteiger partial charge in [-0.1, -0.05) is 19.8 Å². The van der Waals surface area contributed by atoms with Gasteiger partial charge in [-0.05, 0) is 59.3 Å². The Morgan fingerprint density at radius 3 is 2.95 bits per heavy atom. The second-order valence-electron chi connectivity index (χ2n) is 5.13. The molecule has 1 aromatic rings. The first-order chi connectivity index (χ1) is 9.10. The lowest BCUT2D eigenvalue weighted by molar-refractivity contribution is 0.0694. The van der Waals surface area contributed by atoms with Gasteiger partial charge in [0.1, 0.15) is 5.75 Å². The number of carboxylic acid groups (broad SMARTS) is 1. The molecule has 1 aliphatic rings.